The largest absolute Gasteiger partial charge is 0.369 e. The number of halogens is 5. The van der Waals surface area contributed by atoms with Gasteiger partial charge in [-0.3, -0.25) is 4.90 Å². The van der Waals surface area contributed by atoms with Gasteiger partial charge in [-0.15, -0.1) is 0 Å². The summed E-state index contributed by atoms with van der Waals surface area (Å²) < 4.78 is 0. The first-order chi connectivity index (χ1) is 11.3. The number of nitrogens with zero attached hydrogens (tertiary/aromatic N) is 3. The maximum absolute atomic E-state index is 6.42. The average molecular weight is 430 g/mol. The van der Waals surface area contributed by atoms with E-state index in [1.54, 1.807) is 4.90 Å². The predicted octanol–water partition coefficient (Wildman–Crippen LogP) is 5.06. The van der Waals surface area contributed by atoms with Crippen LogP contribution in [0.3, 0.4) is 0 Å². The smallest absolute Gasteiger partial charge is 0.220 e. The fourth-order valence-corrected chi connectivity index (χ4v) is 4.53. The second kappa shape index (κ2) is 6.61. The fourth-order valence-electron chi connectivity index (χ4n) is 3.23. The summed E-state index contributed by atoms with van der Waals surface area (Å²) in [5.74, 6) is 0.270. The molecule has 1 saturated carbocycles. The number of benzene rings is 1. The lowest BCUT2D eigenvalue weighted by Gasteiger charge is -2.46. The van der Waals surface area contributed by atoms with E-state index in [1.165, 1.54) is 0 Å². The van der Waals surface area contributed by atoms with Crippen LogP contribution in [0.2, 0.25) is 25.1 Å². The zero-order valence-corrected chi connectivity index (χ0v) is 16.2. The number of aliphatic imine (C=N–C) groups is 2. The van der Waals surface area contributed by atoms with Crippen molar-refractivity contribution >= 4 is 75.6 Å². The zero-order chi connectivity index (χ0) is 17.6. The summed E-state index contributed by atoms with van der Waals surface area (Å²) in [5.41, 5.74) is 11.6. The fraction of sp³-hybridized carbons (Fsp3) is 0.429. The van der Waals surface area contributed by atoms with Crippen LogP contribution in [0.25, 0.3) is 0 Å². The van der Waals surface area contributed by atoms with Crippen LogP contribution in [0.5, 0.6) is 0 Å². The molecule has 1 spiro atoms. The number of nitrogens with two attached hydrogens (primary N) is 2. The Bertz CT molecular complexity index is 725. The van der Waals surface area contributed by atoms with Gasteiger partial charge in [0, 0.05) is 0 Å². The van der Waals surface area contributed by atoms with E-state index in [2.05, 4.69) is 9.98 Å². The summed E-state index contributed by atoms with van der Waals surface area (Å²) in [4.78, 5) is 10.3. The SMILES string of the molecule is NC1=NC2(CCCCC2)N(c2c(Cl)c(Cl)c(Cl)c(Cl)c2Cl)C(N)=N1. The van der Waals surface area contributed by atoms with Gasteiger partial charge in [0.15, 0.2) is 0 Å². The van der Waals surface area contributed by atoms with Gasteiger partial charge in [-0.05, 0) is 25.7 Å². The third-order valence-corrected chi connectivity index (χ3v) is 6.52. The molecule has 3 rings (SSSR count). The van der Waals surface area contributed by atoms with Crippen LogP contribution in [-0.2, 0) is 0 Å². The molecule has 1 aliphatic carbocycles. The summed E-state index contributed by atoms with van der Waals surface area (Å²) in [7, 11) is 0. The van der Waals surface area contributed by atoms with Gasteiger partial charge < -0.3 is 11.5 Å². The quantitative estimate of drug-likeness (QED) is 0.483. The molecule has 130 valence electrons. The van der Waals surface area contributed by atoms with E-state index in [0.29, 0.717) is 5.69 Å². The highest BCUT2D eigenvalue weighted by atomic mass is 35.5. The molecule has 10 heteroatoms. The summed E-state index contributed by atoms with van der Waals surface area (Å²) in [6, 6.07) is 0. The monoisotopic (exact) mass is 427 g/mol. The van der Waals surface area contributed by atoms with Gasteiger partial charge in [-0.25, -0.2) is 4.99 Å². The van der Waals surface area contributed by atoms with Crippen LogP contribution in [-0.4, -0.2) is 17.6 Å². The van der Waals surface area contributed by atoms with Gasteiger partial charge in [-0.2, -0.15) is 4.99 Å². The van der Waals surface area contributed by atoms with Crippen molar-refractivity contribution in [2.45, 2.75) is 37.8 Å². The lowest BCUT2D eigenvalue weighted by molar-refractivity contribution is 0.305. The van der Waals surface area contributed by atoms with E-state index < -0.39 is 5.66 Å². The predicted molar refractivity (Wildman–Crippen MR) is 103 cm³/mol. The molecule has 0 aromatic heterocycles. The van der Waals surface area contributed by atoms with Crippen molar-refractivity contribution in [2.24, 2.45) is 21.5 Å². The minimum absolute atomic E-state index is 0.0883. The zero-order valence-electron chi connectivity index (χ0n) is 12.4. The van der Waals surface area contributed by atoms with Crippen LogP contribution in [0, 0.1) is 0 Å². The second-order valence-electron chi connectivity index (χ2n) is 5.74. The molecule has 0 radical (unpaired) electrons. The van der Waals surface area contributed by atoms with Gasteiger partial charge in [-0.1, -0.05) is 64.4 Å². The highest BCUT2D eigenvalue weighted by Gasteiger charge is 2.44. The van der Waals surface area contributed by atoms with E-state index >= 15 is 0 Å². The minimum Gasteiger partial charge on any atom is -0.369 e. The van der Waals surface area contributed by atoms with Crippen molar-refractivity contribution in [2.75, 3.05) is 4.90 Å². The molecular formula is C14H14Cl5N5. The van der Waals surface area contributed by atoms with Crippen molar-refractivity contribution in [3.8, 4) is 0 Å². The first-order valence-corrected chi connectivity index (χ1v) is 9.18. The van der Waals surface area contributed by atoms with Gasteiger partial charge in [0.25, 0.3) is 0 Å². The van der Waals surface area contributed by atoms with E-state index in [1.807, 2.05) is 0 Å². The highest BCUT2D eigenvalue weighted by molar-refractivity contribution is 6.56. The first-order valence-electron chi connectivity index (χ1n) is 7.29. The molecular weight excluding hydrogens is 415 g/mol. The van der Waals surface area contributed by atoms with Gasteiger partial charge in [0.1, 0.15) is 5.66 Å². The summed E-state index contributed by atoms with van der Waals surface area (Å²) >= 11 is 31.3. The van der Waals surface area contributed by atoms with E-state index in [9.17, 15) is 0 Å². The molecule has 0 atom stereocenters. The molecule has 0 amide bonds. The van der Waals surface area contributed by atoms with E-state index in [0.717, 1.165) is 32.1 Å². The number of guanidine groups is 2. The Morgan fingerprint density at radius 3 is 1.83 bits per heavy atom. The molecule has 1 fully saturated rings. The van der Waals surface area contributed by atoms with Crippen LogP contribution < -0.4 is 16.4 Å². The summed E-state index contributed by atoms with van der Waals surface area (Å²) in [5, 5.41) is 0.586. The van der Waals surface area contributed by atoms with Crippen molar-refractivity contribution in [1.82, 2.24) is 0 Å². The van der Waals surface area contributed by atoms with Crippen LogP contribution in [0.4, 0.5) is 5.69 Å². The lowest BCUT2D eigenvalue weighted by atomic mass is 9.87. The molecule has 1 aromatic rings. The van der Waals surface area contributed by atoms with Crippen LogP contribution in [0.15, 0.2) is 9.98 Å². The van der Waals surface area contributed by atoms with Crippen molar-refractivity contribution < 1.29 is 0 Å². The van der Waals surface area contributed by atoms with Crippen LogP contribution in [0.1, 0.15) is 32.1 Å². The third-order valence-electron chi connectivity index (χ3n) is 4.26. The average Bonchev–Trinajstić information content (AvgIpc) is 2.54. The third kappa shape index (κ3) is 2.80. The number of hydrogen-bond donors (Lipinski definition) is 2. The molecule has 1 aliphatic heterocycles. The first kappa shape index (κ1) is 18.2. The highest BCUT2D eigenvalue weighted by Crippen LogP contribution is 2.51. The van der Waals surface area contributed by atoms with E-state index in [-0.39, 0.29) is 37.0 Å². The Balaban J connectivity index is 2.25. The Labute approximate surface area is 164 Å². The van der Waals surface area contributed by atoms with Gasteiger partial charge >= 0.3 is 0 Å². The molecule has 5 nitrogen and oxygen atoms in total. The Morgan fingerprint density at radius 2 is 1.29 bits per heavy atom. The number of rotatable bonds is 1. The Hall–Kier alpha value is -0.590. The maximum atomic E-state index is 6.42. The van der Waals surface area contributed by atoms with E-state index in [4.69, 9.17) is 69.5 Å². The molecule has 1 heterocycles. The second-order valence-corrected chi connectivity index (χ2v) is 7.63. The molecule has 0 saturated heterocycles. The Morgan fingerprint density at radius 1 is 0.792 bits per heavy atom. The van der Waals surface area contributed by atoms with Gasteiger partial charge in [0.05, 0.1) is 30.8 Å². The van der Waals surface area contributed by atoms with Crippen molar-refractivity contribution in [1.29, 1.82) is 0 Å². The molecule has 24 heavy (non-hydrogen) atoms. The van der Waals surface area contributed by atoms with Crippen molar-refractivity contribution in [3.63, 3.8) is 0 Å². The topological polar surface area (TPSA) is 80.0 Å². The minimum atomic E-state index is -0.706. The van der Waals surface area contributed by atoms with Crippen LogP contribution >= 0.6 is 58.0 Å². The molecule has 1 aromatic carbocycles. The Kier molecular flexibility index (Phi) is 5.02. The normalized spacial score (nSPS) is 20.1. The summed E-state index contributed by atoms with van der Waals surface area (Å²) in [6.45, 7) is 0. The molecule has 0 unspecified atom stereocenters. The maximum Gasteiger partial charge on any atom is 0.220 e. The van der Waals surface area contributed by atoms with Crippen molar-refractivity contribution in [3.05, 3.63) is 25.1 Å². The number of hydrogen-bond acceptors (Lipinski definition) is 5. The molecule has 0 bridgehead atoms. The standard InChI is InChI=1S/C14H14Cl5N5/c15-6-7(16)9(18)11(10(19)8(6)17)24-13(21)22-12(20)23-14(24)4-2-1-3-5-14/h1-5H2,(H4,20,21,22,23). The number of anilines is 1. The molecule has 2 aliphatic rings. The lowest BCUT2D eigenvalue weighted by Crippen LogP contribution is -2.58. The van der Waals surface area contributed by atoms with Gasteiger partial charge in [0.2, 0.25) is 11.9 Å². The summed E-state index contributed by atoms with van der Waals surface area (Å²) in [6.07, 6.45) is 4.49. The molecule has 4 N–H and O–H groups in total.